The summed E-state index contributed by atoms with van der Waals surface area (Å²) < 4.78 is 0. The van der Waals surface area contributed by atoms with Gasteiger partial charge in [0.1, 0.15) is 5.84 Å². The molecule has 4 N–H and O–H groups in total. The number of hydrogen-bond acceptors (Lipinski definition) is 3. The van der Waals surface area contributed by atoms with E-state index in [1.807, 2.05) is 0 Å². The van der Waals surface area contributed by atoms with Gasteiger partial charge in [0.15, 0.2) is 0 Å². The van der Waals surface area contributed by atoms with Crippen molar-refractivity contribution in [3.63, 3.8) is 0 Å². The van der Waals surface area contributed by atoms with Crippen LogP contribution in [0.2, 0.25) is 0 Å². The molecule has 0 rings (SSSR count). The van der Waals surface area contributed by atoms with Gasteiger partial charge in [-0.1, -0.05) is 12.1 Å². The van der Waals surface area contributed by atoms with Crippen molar-refractivity contribution in [3.05, 3.63) is 0 Å². The van der Waals surface area contributed by atoms with E-state index in [-0.39, 0.29) is 0 Å². The van der Waals surface area contributed by atoms with Crippen molar-refractivity contribution in [2.45, 2.75) is 45.6 Å². The molecule has 0 aromatic rings. The van der Waals surface area contributed by atoms with Crippen LogP contribution in [0.4, 0.5) is 0 Å². The van der Waals surface area contributed by atoms with Crippen molar-refractivity contribution in [1.82, 2.24) is 5.32 Å². The van der Waals surface area contributed by atoms with Crippen LogP contribution >= 0.6 is 0 Å². The monoisotopic (exact) mass is 187 g/mol. The summed E-state index contributed by atoms with van der Waals surface area (Å²) in [5.41, 5.74) is 5.32. The lowest BCUT2D eigenvalue weighted by atomic mass is 10.2. The summed E-state index contributed by atoms with van der Waals surface area (Å²) in [6.45, 7) is 5.34. The number of oxime groups is 1. The molecule has 0 radical (unpaired) electrons. The highest BCUT2D eigenvalue weighted by molar-refractivity contribution is 5.79. The molecule has 0 aliphatic heterocycles. The maximum Gasteiger partial charge on any atom is 0.139 e. The van der Waals surface area contributed by atoms with Crippen LogP contribution < -0.4 is 11.1 Å². The van der Waals surface area contributed by atoms with Crippen molar-refractivity contribution in [1.29, 1.82) is 0 Å². The van der Waals surface area contributed by atoms with Crippen molar-refractivity contribution >= 4 is 5.84 Å². The molecule has 0 saturated heterocycles. The second-order valence-electron chi connectivity index (χ2n) is 3.31. The number of nitrogens with one attached hydrogen (secondary N) is 1. The number of nitrogens with two attached hydrogens (primary N) is 1. The molecule has 4 heteroatoms. The zero-order valence-electron chi connectivity index (χ0n) is 8.58. The Kier molecular flexibility index (Phi) is 7.39. The third-order valence-electron chi connectivity index (χ3n) is 2.09. The lowest BCUT2D eigenvalue weighted by molar-refractivity contribution is 0.316. The van der Waals surface area contributed by atoms with E-state index < -0.39 is 0 Å². The second kappa shape index (κ2) is 7.86. The van der Waals surface area contributed by atoms with E-state index in [0.717, 1.165) is 25.8 Å². The zero-order chi connectivity index (χ0) is 10.1. The average molecular weight is 187 g/mol. The highest BCUT2D eigenvalue weighted by atomic mass is 16.4. The van der Waals surface area contributed by atoms with Gasteiger partial charge in [0.2, 0.25) is 0 Å². The van der Waals surface area contributed by atoms with Gasteiger partial charge in [0.25, 0.3) is 0 Å². The molecule has 0 aliphatic rings. The molecule has 0 saturated carbocycles. The quantitative estimate of drug-likeness (QED) is 0.185. The first kappa shape index (κ1) is 12.2. The summed E-state index contributed by atoms with van der Waals surface area (Å²) >= 11 is 0. The third kappa shape index (κ3) is 7.59. The Morgan fingerprint density at radius 1 is 1.54 bits per heavy atom. The standard InChI is InChI=1S/C9H21N3O/c1-3-8(2)11-7-5-4-6-9(10)12-13/h8,11,13H,3-7H2,1-2H3,(H2,10,12). The second-order valence-corrected chi connectivity index (χ2v) is 3.31. The Morgan fingerprint density at radius 3 is 2.77 bits per heavy atom. The van der Waals surface area contributed by atoms with Gasteiger partial charge in [-0.05, 0) is 32.7 Å². The van der Waals surface area contributed by atoms with Crippen LogP contribution in [0.5, 0.6) is 0 Å². The molecule has 1 unspecified atom stereocenters. The van der Waals surface area contributed by atoms with E-state index in [0.29, 0.717) is 18.3 Å². The van der Waals surface area contributed by atoms with Crippen LogP contribution in [-0.4, -0.2) is 23.6 Å². The lowest BCUT2D eigenvalue weighted by Gasteiger charge is -2.10. The first-order valence-corrected chi connectivity index (χ1v) is 4.90. The maximum absolute atomic E-state index is 8.26. The van der Waals surface area contributed by atoms with E-state index in [1.54, 1.807) is 0 Å². The Morgan fingerprint density at radius 2 is 2.23 bits per heavy atom. The van der Waals surface area contributed by atoms with E-state index in [1.165, 1.54) is 0 Å². The Labute approximate surface area is 80.2 Å². The van der Waals surface area contributed by atoms with E-state index in [2.05, 4.69) is 24.3 Å². The molecule has 0 bridgehead atoms. The lowest BCUT2D eigenvalue weighted by Crippen LogP contribution is -2.26. The van der Waals surface area contributed by atoms with E-state index >= 15 is 0 Å². The van der Waals surface area contributed by atoms with Crippen molar-refractivity contribution in [2.24, 2.45) is 10.9 Å². The van der Waals surface area contributed by atoms with Crippen LogP contribution in [0.1, 0.15) is 39.5 Å². The number of hydrogen-bond donors (Lipinski definition) is 3. The highest BCUT2D eigenvalue weighted by Crippen LogP contribution is 1.95. The number of amidine groups is 1. The van der Waals surface area contributed by atoms with Crippen LogP contribution in [-0.2, 0) is 0 Å². The van der Waals surface area contributed by atoms with Gasteiger partial charge in [-0.15, -0.1) is 0 Å². The molecule has 0 fully saturated rings. The minimum absolute atomic E-state index is 0.323. The summed E-state index contributed by atoms with van der Waals surface area (Å²) in [6, 6.07) is 0.587. The van der Waals surface area contributed by atoms with Gasteiger partial charge in [0, 0.05) is 12.5 Å². The van der Waals surface area contributed by atoms with E-state index in [9.17, 15) is 0 Å². The number of nitrogens with zero attached hydrogens (tertiary/aromatic N) is 1. The van der Waals surface area contributed by atoms with Crippen molar-refractivity contribution in [3.8, 4) is 0 Å². The van der Waals surface area contributed by atoms with Gasteiger partial charge >= 0.3 is 0 Å². The zero-order valence-corrected chi connectivity index (χ0v) is 8.58. The predicted octanol–water partition coefficient (Wildman–Crippen LogP) is 1.29. The average Bonchev–Trinajstić information content (AvgIpc) is 2.16. The Hall–Kier alpha value is -0.770. The molecule has 78 valence electrons. The summed E-state index contributed by atoms with van der Waals surface area (Å²) in [7, 11) is 0. The molecule has 0 aromatic carbocycles. The molecule has 0 aliphatic carbocycles. The van der Waals surface area contributed by atoms with Gasteiger partial charge < -0.3 is 16.3 Å². The maximum atomic E-state index is 8.26. The summed E-state index contributed by atoms with van der Waals surface area (Å²) in [5.74, 6) is 0.323. The largest absolute Gasteiger partial charge is 0.409 e. The molecule has 13 heavy (non-hydrogen) atoms. The van der Waals surface area contributed by atoms with Crippen LogP contribution in [0, 0.1) is 0 Å². The molecule has 0 spiro atoms. The van der Waals surface area contributed by atoms with Gasteiger partial charge in [-0.3, -0.25) is 0 Å². The topological polar surface area (TPSA) is 70.6 Å². The third-order valence-corrected chi connectivity index (χ3v) is 2.09. The fourth-order valence-corrected chi connectivity index (χ4v) is 0.974. The fourth-order valence-electron chi connectivity index (χ4n) is 0.974. The smallest absolute Gasteiger partial charge is 0.139 e. The molecule has 0 aromatic heterocycles. The molecule has 0 amide bonds. The van der Waals surface area contributed by atoms with Crippen LogP contribution in [0.15, 0.2) is 5.16 Å². The predicted molar refractivity (Wildman–Crippen MR) is 55.0 cm³/mol. The normalized spacial score (nSPS) is 14.5. The van der Waals surface area contributed by atoms with Gasteiger partial charge in [0.05, 0.1) is 0 Å². The van der Waals surface area contributed by atoms with Crippen LogP contribution in [0.25, 0.3) is 0 Å². The Bertz CT molecular complexity index is 148. The summed E-state index contributed by atoms with van der Waals surface area (Å²) in [4.78, 5) is 0. The minimum atomic E-state index is 0.323. The Balaban J connectivity index is 3.17. The summed E-state index contributed by atoms with van der Waals surface area (Å²) in [5, 5.41) is 14.6. The fraction of sp³-hybridized carbons (Fsp3) is 0.889. The SMILES string of the molecule is CCC(C)NCCCCC(N)=NO. The van der Waals surface area contributed by atoms with Crippen molar-refractivity contribution in [2.75, 3.05) is 6.54 Å². The molecular weight excluding hydrogens is 166 g/mol. The number of rotatable bonds is 7. The van der Waals surface area contributed by atoms with Crippen LogP contribution in [0.3, 0.4) is 0 Å². The first-order valence-electron chi connectivity index (χ1n) is 4.90. The molecule has 4 nitrogen and oxygen atoms in total. The van der Waals surface area contributed by atoms with Gasteiger partial charge in [-0.25, -0.2) is 0 Å². The molecular formula is C9H21N3O. The highest BCUT2D eigenvalue weighted by Gasteiger charge is 1.97. The molecule has 0 heterocycles. The number of unbranched alkanes of at least 4 members (excludes halogenated alkanes) is 1. The van der Waals surface area contributed by atoms with Crippen molar-refractivity contribution < 1.29 is 5.21 Å². The summed E-state index contributed by atoms with van der Waals surface area (Å²) in [6.07, 6.45) is 3.87. The van der Waals surface area contributed by atoms with E-state index in [4.69, 9.17) is 10.9 Å². The first-order chi connectivity index (χ1) is 6.20. The minimum Gasteiger partial charge on any atom is -0.409 e. The van der Waals surface area contributed by atoms with Gasteiger partial charge in [-0.2, -0.15) is 0 Å². The molecule has 1 atom stereocenters.